The molecule has 1 fully saturated rings. The van der Waals surface area contributed by atoms with Crippen LogP contribution in [0.15, 0.2) is 21.2 Å². The Morgan fingerprint density at radius 3 is 2.81 bits per heavy atom. The van der Waals surface area contributed by atoms with Crippen LogP contribution in [0.25, 0.3) is 0 Å². The summed E-state index contributed by atoms with van der Waals surface area (Å²) in [5, 5.41) is 19.0. The fraction of sp³-hybridized carbons (Fsp3) is 0.588. The minimum atomic E-state index is -0.901. The highest BCUT2D eigenvalue weighted by Crippen LogP contribution is 2.32. The number of aliphatic hydroxyl groups excluding tert-OH is 1. The van der Waals surface area contributed by atoms with E-state index in [1.54, 1.807) is 20.9 Å². The Kier molecular flexibility index (Phi) is 5.54. The average molecular weight is 374 g/mol. The van der Waals surface area contributed by atoms with Crippen LogP contribution in [0.3, 0.4) is 0 Å². The third-order valence-electron chi connectivity index (χ3n) is 4.51. The number of aromatic nitrogens is 2. The summed E-state index contributed by atoms with van der Waals surface area (Å²) in [4.78, 5) is 21.3. The maximum absolute atomic E-state index is 10.1. The van der Waals surface area contributed by atoms with Gasteiger partial charge < -0.3 is 20.5 Å². The van der Waals surface area contributed by atoms with E-state index in [9.17, 15) is 5.11 Å². The zero-order valence-electron chi connectivity index (χ0n) is 15.9. The number of nitrogens with zero attached hydrogens (tertiary/aromatic N) is 5. The van der Waals surface area contributed by atoms with Crippen LogP contribution in [0, 0.1) is 0 Å². The standard InChI is InChI=1S/C17H26N8O2/c1-17(2)14(26)24-12-13(27-17)20-9-11(22-12)23-16(19-4)25-15(18-3)21-10-7-5-6-8-10/h9-10,14,26H,3,5-8H2,1-2,4H3,(H3,19,21,22,23,24,25). The van der Waals surface area contributed by atoms with Crippen molar-refractivity contribution in [2.45, 2.75) is 57.4 Å². The summed E-state index contributed by atoms with van der Waals surface area (Å²) in [6.07, 6.45) is 5.13. The van der Waals surface area contributed by atoms with Gasteiger partial charge in [0, 0.05) is 7.05 Å². The highest BCUT2D eigenvalue weighted by Gasteiger charge is 2.37. The predicted molar refractivity (Wildman–Crippen MR) is 106 cm³/mol. The van der Waals surface area contributed by atoms with E-state index in [-0.39, 0.29) is 6.04 Å². The second-order valence-corrected chi connectivity index (χ2v) is 7.03. The van der Waals surface area contributed by atoms with Gasteiger partial charge in [-0.3, -0.25) is 10.3 Å². The summed E-state index contributed by atoms with van der Waals surface area (Å²) in [6, 6.07) is 0.269. The molecule has 0 spiro atoms. The molecular formula is C17H26N8O2. The van der Waals surface area contributed by atoms with Crippen molar-refractivity contribution < 1.29 is 9.84 Å². The van der Waals surface area contributed by atoms with Crippen LogP contribution in [0.4, 0.5) is 11.6 Å². The van der Waals surface area contributed by atoms with Gasteiger partial charge in [-0.2, -0.15) is 0 Å². The smallest absolute Gasteiger partial charge is 0.258 e. The normalized spacial score (nSPS) is 22.4. The van der Waals surface area contributed by atoms with Crippen LogP contribution < -0.4 is 20.7 Å². The third kappa shape index (κ3) is 4.51. The second-order valence-electron chi connectivity index (χ2n) is 7.03. The van der Waals surface area contributed by atoms with Crippen molar-refractivity contribution in [2.75, 3.05) is 17.7 Å². The van der Waals surface area contributed by atoms with Gasteiger partial charge in [-0.15, -0.1) is 0 Å². The van der Waals surface area contributed by atoms with Gasteiger partial charge >= 0.3 is 0 Å². The number of aliphatic hydroxyl groups is 1. The Balaban J connectivity index is 1.70. The number of hydrogen-bond acceptors (Lipinski definition) is 7. The van der Waals surface area contributed by atoms with Crippen LogP contribution in [-0.4, -0.2) is 58.6 Å². The Morgan fingerprint density at radius 2 is 2.15 bits per heavy atom. The van der Waals surface area contributed by atoms with Gasteiger partial charge in [-0.1, -0.05) is 12.8 Å². The molecule has 27 heavy (non-hydrogen) atoms. The summed E-state index contributed by atoms with van der Waals surface area (Å²) < 4.78 is 5.67. The first kappa shape index (κ1) is 19.0. The molecule has 10 heteroatoms. The highest BCUT2D eigenvalue weighted by molar-refractivity contribution is 6.05. The molecule has 10 nitrogen and oxygen atoms in total. The van der Waals surface area contributed by atoms with Gasteiger partial charge in [0.25, 0.3) is 5.88 Å². The van der Waals surface area contributed by atoms with Crippen molar-refractivity contribution in [3.8, 4) is 5.88 Å². The van der Waals surface area contributed by atoms with Gasteiger partial charge in [0.05, 0.1) is 12.2 Å². The number of hydrogen-bond donors (Lipinski definition) is 4. The lowest BCUT2D eigenvalue weighted by atomic mass is 10.1. The zero-order valence-corrected chi connectivity index (χ0v) is 15.9. The molecule has 0 amide bonds. The molecule has 1 aliphatic heterocycles. The SMILES string of the molecule is C=NC(=NC1CCCC1)NC(=NC)Nc1cnc2c(n1)NC(O)C(C)(C)O2. The fourth-order valence-electron chi connectivity index (χ4n) is 2.90. The summed E-state index contributed by atoms with van der Waals surface area (Å²) in [5.74, 6) is 1.93. The average Bonchev–Trinajstić information content (AvgIpc) is 3.14. The van der Waals surface area contributed by atoms with Crippen molar-refractivity contribution in [1.29, 1.82) is 0 Å². The molecule has 4 N–H and O–H groups in total. The van der Waals surface area contributed by atoms with E-state index >= 15 is 0 Å². The summed E-state index contributed by atoms with van der Waals surface area (Å²) in [7, 11) is 1.63. The van der Waals surface area contributed by atoms with E-state index in [2.05, 4.69) is 47.6 Å². The van der Waals surface area contributed by atoms with E-state index in [0.29, 0.717) is 29.4 Å². The minimum Gasteiger partial charge on any atom is -0.464 e. The van der Waals surface area contributed by atoms with Gasteiger partial charge in [0.15, 0.2) is 17.9 Å². The molecule has 0 radical (unpaired) electrons. The van der Waals surface area contributed by atoms with Crippen molar-refractivity contribution in [3.63, 3.8) is 0 Å². The van der Waals surface area contributed by atoms with Crippen molar-refractivity contribution in [3.05, 3.63) is 6.20 Å². The topological polar surface area (TPSA) is 128 Å². The first-order chi connectivity index (χ1) is 12.9. The van der Waals surface area contributed by atoms with Crippen LogP contribution in [0.2, 0.25) is 0 Å². The maximum atomic E-state index is 10.1. The lowest BCUT2D eigenvalue weighted by molar-refractivity contribution is -0.0249. The van der Waals surface area contributed by atoms with E-state index in [1.807, 2.05) is 0 Å². The maximum Gasteiger partial charge on any atom is 0.258 e. The first-order valence-corrected chi connectivity index (χ1v) is 8.97. The van der Waals surface area contributed by atoms with E-state index in [1.165, 1.54) is 19.0 Å². The van der Waals surface area contributed by atoms with Gasteiger partial charge in [-0.05, 0) is 33.4 Å². The molecule has 0 saturated heterocycles. The predicted octanol–water partition coefficient (Wildman–Crippen LogP) is 1.36. The fourth-order valence-corrected chi connectivity index (χ4v) is 2.90. The number of fused-ring (bicyclic) bond motifs is 1. The van der Waals surface area contributed by atoms with Crippen molar-refractivity contribution in [1.82, 2.24) is 15.3 Å². The minimum absolute atomic E-state index is 0.269. The largest absolute Gasteiger partial charge is 0.464 e. The molecule has 0 aromatic carbocycles. The lowest BCUT2D eigenvalue weighted by Crippen LogP contribution is -2.50. The third-order valence-corrected chi connectivity index (χ3v) is 4.51. The number of ether oxygens (including phenoxy) is 1. The first-order valence-electron chi connectivity index (χ1n) is 8.97. The summed E-state index contributed by atoms with van der Waals surface area (Å²) >= 11 is 0. The zero-order chi connectivity index (χ0) is 19.4. The van der Waals surface area contributed by atoms with Crippen molar-refractivity contribution in [2.24, 2.45) is 15.0 Å². The second kappa shape index (κ2) is 7.87. The summed E-state index contributed by atoms with van der Waals surface area (Å²) in [6.45, 7) is 7.10. The van der Waals surface area contributed by atoms with Crippen LogP contribution in [0.1, 0.15) is 39.5 Å². The molecule has 1 aliphatic carbocycles. The van der Waals surface area contributed by atoms with Gasteiger partial charge in [-0.25, -0.2) is 20.0 Å². The number of aliphatic imine (C=N–C) groups is 3. The van der Waals surface area contributed by atoms with Gasteiger partial charge in [0.1, 0.15) is 5.60 Å². The van der Waals surface area contributed by atoms with Gasteiger partial charge in [0.2, 0.25) is 11.9 Å². The van der Waals surface area contributed by atoms with Crippen LogP contribution in [0.5, 0.6) is 5.88 Å². The Bertz CT molecular complexity index is 755. The molecule has 3 rings (SSSR count). The van der Waals surface area contributed by atoms with Crippen LogP contribution in [-0.2, 0) is 0 Å². The lowest BCUT2D eigenvalue weighted by Gasteiger charge is -2.36. The monoisotopic (exact) mass is 374 g/mol. The Hall–Kier alpha value is -2.75. The molecule has 2 heterocycles. The molecule has 146 valence electrons. The van der Waals surface area contributed by atoms with Crippen molar-refractivity contribution >= 4 is 30.3 Å². The molecule has 1 aromatic rings. The Labute approximate surface area is 158 Å². The number of anilines is 2. The highest BCUT2D eigenvalue weighted by atomic mass is 16.5. The van der Waals surface area contributed by atoms with E-state index in [4.69, 9.17) is 4.74 Å². The molecule has 1 saturated carbocycles. The van der Waals surface area contributed by atoms with E-state index < -0.39 is 11.8 Å². The number of guanidine groups is 2. The molecule has 1 atom stereocenters. The molecule has 1 unspecified atom stereocenters. The molecule has 0 bridgehead atoms. The molecule has 1 aromatic heterocycles. The quantitative estimate of drug-likeness (QED) is 0.454. The summed E-state index contributed by atoms with van der Waals surface area (Å²) in [5.41, 5.74) is -0.796. The molecular weight excluding hydrogens is 348 g/mol. The van der Waals surface area contributed by atoms with Crippen LogP contribution >= 0.6 is 0 Å². The number of nitrogens with one attached hydrogen (secondary N) is 3. The molecule has 2 aliphatic rings. The Morgan fingerprint density at radius 1 is 1.41 bits per heavy atom. The van der Waals surface area contributed by atoms with E-state index in [0.717, 1.165) is 12.8 Å². The number of rotatable bonds is 2.